The van der Waals surface area contributed by atoms with Crippen molar-refractivity contribution in [2.75, 3.05) is 30.0 Å². The van der Waals surface area contributed by atoms with Gasteiger partial charge in [-0.25, -0.2) is 8.42 Å². The second-order valence-corrected chi connectivity index (χ2v) is 10.6. The highest BCUT2D eigenvalue weighted by Gasteiger charge is 2.20. The van der Waals surface area contributed by atoms with Crippen molar-refractivity contribution in [3.05, 3.63) is 65.2 Å². The minimum absolute atomic E-state index is 0.202. The fraction of sp³-hybridized carbons (Fsp3) is 0.320. The van der Waals surface area contributed by atoms with Crippen molar-refractivity contribution >= 4 is 37.9 Å². The van der Waals surface area contributed by atoms with Gasteiger partial charge in [-0.2, -0.15) is 0 Å². The van der Waals surface area contributed by atoms with Crippen molar-refractivity contribution in [3.63, 3.8) is 0 Å². The third-order valence-electron chi connectivity index (χ3n) is 6.27. The molecule has 3 aromatic rings. The normalized spacial score (nSPS) is 15.2. The van der Waals surface area contributed by atoms with E-state index in [1.54, 1.807) is 19.1 Å². The monoisotopic (exact) mass is 451 g/mol. The number of nitrogens with two attached hydrogens (primary N) is 1. The first kappa shape index (κ1) is 22.1. The van der Waals surface area contributed by atoms with Gasteiger partial charge in [0.2, 0.25) is 0 Å². The van der Waals surface area contributed by atoms with E-state index in [1.165, 1.54) is 18.5 Å². The lowest BCUT2D eigenvalue weighted by Crippen LogP contribution is -2.27. The van der Waals surface area contributed by atoms with Crippen LogP contribution in [-0.4, -0.2) is 33.7 Å². The molecule has 0 bridgehead atoms. The Kier molecular flexibility index (Phi) is 5.86. The van der Waals surface area contributed by atoms with Crippen LogP contribution < -0.4 is 16.0 Å². The fourth-order valence-electron chi connectivity index (χ4n) is 4.41. The summed E-state index contributed by atoms with van der Waals surface area (Å²) in [5.41, 5.74) is 9.59. The van der Waals surface area contributed by atoms with Crippen LogP contribution >= 0.6 is 0 Å². The first-order chi connectivity index (χ1) is 15.1. The van der Waals surface area contributed by atoms with E-state index in [0.717, 1.165) is 30.1 Å². The molecule has 32 heavy (non-hydrogen) atoms. The van der Waals surface area contributed by atoms with Gasteiger partial charge in [0.1, 0.15) is 0 Å². The number of hydrogen-bond acceptors (Lipinski definition) is 5. The molecule has 1 aliphatic rings. The number of benzene rings is 3. The number of amides is 1. The summed E-state index contributed by atoms with van der Waals surface area (Å²) in [5.74, 6) is -0.202. The van der Waals surface area contributed by atoms with E-state index in [9.17, 15) is 13.2 Å². The van der Waals surface area contributed by atoms with Gasteiger partial charge in [-0.3, -0.25) is 4.79 Å². The number of hydrogen-bond donors (Lipinski definition) is 2. The van der Waals surface area contributed by atoms with Crippen LogP contribution in [0, 0.1) is 6.92 Å². The summed E-state index contributed by atoms with van der Waals surface area (Å²) in [5, 5.41) is 5.10. The highest BCUT2D eigenvalue weighted by molar-refractivity contribution is 7.90. The van der Waals surface area contributed by atoms with Gasteiger partial charge in [-0.05, 0) is 78.9 Å². The average molecular weight is 452 g/mol. The van der Waals surface area contributed by atoms with Crippen LogP contribution in [0.25, 0.3) is 10.8 Å². The Morgan fingerprint density at radius 3 is 2.38 bits per heavy atom. The number of rotatable bonds is 5. The molecule has 1 saturated heterocycles. The summed E-state index contributed by atoms with van der Waals surface area (Å²) in [6, 6.07) is 14.9. The predicted molar refractivity (Wildman–Crippen MR) is 130 cm³/mol. The van der Waals surface area contributed by atoms with Crippen molar-refractivity contribution < 1.29 is 13.2 Å². The first-order valence-corrected chi connectivity index (χ1v) is 12.7. The summed E-state index contributed by atoms with van der Waals surface area (Å²) in [6.07, 6.45) is 3.63. The number of nitrogen functional groups attached to an aromatic ring is 1. The standard InChI is InChI=1S/C25H29N3O3S/c1-16-23(32(3,30)31)11-10-22(24(16)26)17(2)27-25(29)20-7-6-19-15-21(9-8-18(19)14-20)28-12-4-5-13-28/h6-11,14-15,17H,4-5,12-13,26H2,1-3H3,(H,27,29)/t17-/m1/s1. The zero-order valence-corrected chi connectivity index (χ0v) is 19.5. The molecule has 0 saturated carbocycles. The number of nitrogens with zero attached hydrogens (tertiary/aromatic N) is 1. The van der Waals surface area contributed by atoms with Crippen LogP contribution in [0.15, 0.2) is 53.4 Å². The molecule has 168 valence electrons. The molecule has 1 aliphatic heterocycles. The molecule has 0 unspecified atom stereocenters. The molecule has 1 amide bonds. The molecule has 6 nitrogen and oxygen atoms in total. The van der Waals surface area contributed by atoms with Crippen molar-refractivity contribution in [1.82, 2.24) is 5.32 Å². The summed E-state index contributed by atoms with van der Waals surface area (Å²) >= 11 is 0. The maximum atomic E-state index is 12.9. The SMILES string of the molecule is Cc1c(S(C)(=O)=O)ccc([C@@H](C)NC(=O)c2ccc3cc(N4CCCC4)ccc3c2)c1N. The molecule has 1 fully saturated rings. The summed E-state index contributed by atoms with van der Waals surface area (Å²) < 4.78 is 23.8. The average Bonchev–Trinajstić information content (AvgIpc) is 3.28. The number of anilines is 2. The Balaban J connectivity index is 1.54. The number of carbonyl (C=O) groups excluding carboxylic acids is 1. The van der Waals surface area contributed by atoms with Crippen LogP contribution in [-0.2, 0) is 9.84 Å². The maximum absolute atomic E-state index is 12.9. The Morgan fingerprint density at radius 1 is 1.03 bits per heavy atom. The number of nitrogens with one attached hydrogen (secondary N) is 1. The van der Waals surface area contributed by atoms with Gasteiger partial charge in [-0.15, -0.1) is 0 Å². The van der Waals surface area contributed by atoms with Crippen molar-refractivity contribution in [1.29, 1.82) is 0 Å². The molecule has 1 heterocycles. The predicted octanol–water partition coefficient (Wildman–Crippen LogP) is 4.23. The molecule has 7 heteroatoms. The molecule has 4 rings (SSSR count). The van der Waals surface area contributed by atoms with Crippen molar-refractivity contribution in [2.45, 2.75) is 37.6 Å². The molecule has 0 aliphatic carbocycles. The van der Waals surface area contributed by atoms with Crippen molar-refractivity contribution in [3.8, 4) is 0 Å². The van der Waals surface area contributed by atoms with Gasteiger partial charge >= 0.3 is 0 Å². The van der Waals surface area contributed by atoms with E-state index in [4.69, 9.17) is 5.73 Å². The van der Waals surface area contributed by atoms with Crippen LogP contribution in [0.4, 0.5) is 11.4 Å². The zero-order chi connectivity index (χ0) is 23.0. The Labute approximate surface area is 189 Å². The Hall–Kier alpha value is -3.06. The molecule has 0 spiro atoms. The second-order valence-electron chi connectivity index (χ2n) is 8.60. The van der Waals surface area contributed by atoms with E-state index >= 15 is 0 Å². The minimum Gasteiger partial charge on any atom is -0.398 e. The third-order valence-corrected chi connectivity index (χ3v) is 7.51. The highest BCUT2D eigenvalue weighted by atomic mass is 32.2. The van der Waals surface area contributed by atoms with E-state index in [0.29, 0.717) is 22.4 Å². The Bertz CT molecular complexity index is 1300. The molecule has 0 aromatic heterocycles. The van der Waals surface area contributed by atoms with Crippen LogP contribution in [0.1, 0.15) is 47.3 Å². The summed E-state index contributed by atoms with van der Waals surface area (Å²) in [7, 11) is -3.36. The lowest BCUT2D eigenvalue weighted by molar-refractivity contribution is 0.0940. The van der Waals surface area contributed by atoms with Crippen LogP contribution in [0.5, 0.6) is 0 Å². The number of fused-ring (bicyclic) bond motifs is 1. The topological polar surface area (TPSA) is 92.5 Å². The molecule has 3 N–H and O–H groups in total. The van der Waals surface area contributed by atoms with E-state index in [2.05, 4.69) is 28.4 Å². The van der Waals surface area contributed by atoms with Crippen LogP contribution in [0.3, 0.4) is 0 Å². The van der Waals surface area contributed by atoms with E-state index in [1.807, 2.05) is 25.1 Å². The first-order valence-electron chi connectivity index (χ1n) is 10.8. The van der Waals surface area contributed by atoms with Gasteiger partial charge in [-0.1, -0.05) is 18.2 Å². The van der Waals surface area contributed by atoms with Crippen LogP contribution in [0.2, 0.25) is 0 Å². The number of carbonyl (C=O) groups is 1. The fourth-order valence-corrected chi connectivity index (χ4v) is 5.39. The minimum atomic E-state index is -3.36. The largest absolute Gasteiger partial charge is 0.398 e. The molecular weight excluding hydrogens is 422 g/mol. The molecular formula is C25H29N3O3S. The Morgan fingerprint density at radius 2 is 1.69 bits per heavy atom. The lowest BCUT2D eigenvalue weighted by atomic mass is 10.0. The highest BCUT2D eigenvalue weighted by Crippen LogP contribution is 2.29. The molecule has 1 atom stereocenters. The van der Waals surface area contributed by atoms with Gasteiger partial charge in [0.15, 0.2) is 9.84 Å². The summed E-state index contributed by atoms with van der Waals surface area (Å²) in [6.45, 7) is 5.71. The quantitative estimate of drug-likeness (QED) is 0.567. The van der Waals surface area contributed by atoms with Gasteiger partial charge in [0.05, 0.1) is 10.9 Å². The smallest absolute Gasteiger partial charge is 0.251 e. The molecule has 0 radical (unpaired) electrons. The maximum Gasteiger partial charge on any atom is 0.251 e. The summed E-state index contributed by atoms with van der Waals surface area (Å²) in [4.78, 5) is 15.5. The van der Waals surface area contributed by atoms with E-state index in [-0.39, 0.29) is 16.8 Å². The van der Waals surface area contributed by atoms with Crippen molar-refractivity contribution in [2.24, 2.45) is 0 Å². The number of sulfone groups is 1. The zero-order valence-electron chi connectivity index (χ0n) is 18.7. The van der Waals surface area contributed by atoms with Gasteiger partial charge in [0, 0.05) is 36.3 Å². The van der Waals surface area contributed by atoms with E-state index < -0.39 is 9.84 Å². The van der Waals surface area contributed by atoms with Gasteiger partial charge < -0.3 is 16.0 Å². The second kappa shape index (κ2) is 8.47. The molecule has 3 aromatic carbocycles. The van der Waals surface area contributed by atoms with Gasteiger partial charge in [0.25, 0.3) is 5.91 Å². The third kappa shape index (κ3) is 4.30. The lowest BCUT2D eigenvalue weighted by Gasteiger charge is -2.20.